The van der Waals surface area contributed by atoms with E-state index in [1.165, 1.54) is 13.4 Å². The highest BCUT2D eigenvalue weighted by Crippen LogP contribution is 2.33. The molecule has 1 atom stereocenters. The maximum Gasteiger partial charge on any atom is 0.356 e. The van der Waals surface area contributed by atoms with Gasteiger partial charge >= 0.3 is 5.97 Å². The standard InChI is InChI=1S/C22H28N4O5/c1-13(2)7-8-26-19(22(29)30-4)18(25-21(28)17-6-5-9-31-17)16-10-15(11-23-20(16)26)24-14(3)12-27/h5-6,9-11,13-14,24,27H,7-8,12H2,1-4H3,(H,25,28)/t14-/m0/s1. The summed E-state index contributed by atoms with van der Waals surface area (Å²) < 4.78 is 12.0. The minimum Gasteiger partial charge on any atom is -0.464 e. The van der Waals surface area contributed by atoms with Crippen LogP contribution >= 0.6 is 0 Å². The number of aliphatic hydroxyl groups is 1. The van der Waals surface area contributed by atoms with E-state index in [4.69, 9.17) is 9.15 Å². The summed E-state index contributed by atoms with van der Waals surface area (Å²) >= 11 is 0. The third-order valence-corrected chi connectivity index (χ3v) is 4.88. The van der Waals surface area contributed by atoms with Gasteiger partial charge in [0.2, 0.25) is 0 Å². The van der Waals surface area contributed by atoms with Crippen molar-refractivity contribution < 1.29 is 23.8 Å². The zero-order valence-corrected chi connectivity index (χ0v) is 18.1. The van der Waals surface area contributed by atoms with E-state index in [0.717, 1.165) is 6.42 Å². The summed E-state index contributed by atoms with van der Waals surface area (Å²) in [5, 5.41) is 15.9. The fourth-order valence-electron chi connectivity index (χ4n) is 3.26. The van der Waals surface area contributed by atoms with Crippen molar-refractivity contribution in [1.82, 2.24) is 9.55 Å². The first-order chi connectivity index (χ1) is 14.8. The third kappa shape index (κ3) is 4.88. The van der Waals surface area contributed by atoms with E-state index < -0.39 is 11.9 Å². The number of pyridine rings is 1. The average Bonchev–Trinajstić information content (AvgIpc) is 3.38. The molecule has 9 nitrogen and oxygen atoms in total. The van der Waals surface area contributed by atoms with Crippen molar-refractivity contribution in [2.75, 3.05) is 24.4 Å². The lowest BCUT2D eigenvalue weighted by Gasteiger charge is -2.12. The molecule has 0 bridgehead atoms. The van der Waals surface area contributed by atoms with Gasteiger partial charge in [0.15, 0.2) is 11.5 Å². The first kappa shape index (κ1) is 22.4. The van der Waals surface area contributed by atoms with Crippen molar-refractivity contribution >= 4 is 34.3 Å². The van der Waals surface area contributed by atoms with E-state index in [2.05, 4.69) is 29.5 Å². The molecule has 3 aromatic heterocycles. The Labute approximate surface area is 180 Å². The summed E-state index contributed by atoms with van der Waals surface area (Å²) in [6, 6.07) is 4.76. The van der Waals surface area contributed by atoms with Crippen LogP contribution in [0.2, 0.25) is 0 Å². The van der Waals surface area contributed by atoms with Crippen molar-refractivity contribution in [3.05, 3.63) is 42.1 Å². The van der Waals surface area contributed by atoms with Gasteiger partial charge in [-0.3, -0.25) is 4.79 Å². The van der Waals surface area contributed by atoms with Crippen LogP contribution in [-0.4, -0.2) is 46.3 Å². The van der Waals surface area contributed by atoms with Crippen LogP contribution in [0.25, 0.3) is 11.0 Å². The van der Waals surface area contributed by atoms with Crippen molar-refractivity contribution in [2.45, 2.75) is 39.8 Å². The lowest BCUT2D eigenvalue weighted by atomic mass is 10.1. The molecule has 0 radical (unpaired) electrons. The molecule has 0 unspecified atom stereocenters. The fourth-order valence-corrected chi connectivity index (χ4v) is 3.26. The Morgan fingerprint density at radius 2 is 2.10 bits per heavy atom. The Kier molecular flexibility index (Phi) is 6.96. The normalized spacial score (nSPS) is 12.2. The van der Waals surface area contributed by atoms with Crippen LogP contribution in [0, 0.1) is 5.92 Å². The number of carbonyl (C=O) groups excluding carboxylic acids is 2. The number of hydrogen-bond acceptors (Lipinski definition) is 7. The van der Waals surface area contributed by atoms with Crippen molar-refractivity contribution in [2.24, 2.45) is 5.92 Å². The largest absolute Gasteiger partial charge is 0.464 e. The number of rotatable bonds is 9. The van der Waals surface area contributed by atoms with E-state index >= 15 is 0 Å². The molecule has 9 heteroatoms. The monoisotopic (exact) mass is 428 g/mol. The highest BCUT2D eigenvalue weighted by atomic mass is 16.5. The molecular formula is C22H28N4O5. The van der Waals surface area contributed by atoms with E-state index in [1.807, 2.05) is 6.92 Å². The Morgan fingerprint density at radius 1 is 1.32 bits per heavy atom. The van der Waals surface area contributed by atoms with Crippen molar-refractivity contribution in [3.8, 4) is 0 Å². The number of carbonyl (C=O) groups is 2. The van der Waals surface area contributed by atoms with Gasteiger partial charge in [-0.15, -0.1) is 0 Å². The Balaban J connectivity index is 2.17. The number of esters is 1. The Bertz CT molecular complexity index is 1060. The van der Waals surface area contributed by atoms with Gasteiger partial charge in [0.1, 0.15) is 5.65 Å². The number of nitrogens with zero attached hydrogens (tertiary/aromatic N) is 2. The molecule has 3 N–H and O–H groups in total. The van der Waals surface area contributed by atoms with Crippen LogP contribution in [0.5, 0.6) is 0 Å². The molecule has 166 valence electrons. The maximum absolute atomic E-state index is 12.8. The molecule has 31 heavy (non-hydrogen) atoms. The van der Waals surface area contributed by atoms with Gasteiger partial charge in [-0.05, 0) is 37.5 Å². The van der Waals surface area contributed by atoms with Crippen LogP contribution in [0.4, 0.5) is 11.4 Å². The zero-order chi connectivity index (χ0) is 22.5. The van der Waals surface area contributed by atoms with Gasteiger partial charge in [-0.2, -0.15) is 0 Å². The smallest absolute Gasteiger partial charge is 0.356 e. The summed E-state index contributed by atoms with van der Waals surface area (Å²) in [6.45, 7) is 6.49. The molecule has 3 rings (SSSR count). The van der Waals surface area contributed by atoms with E-state index in [1.54, 1.807) is 29.0 Å². The number of furan rings is 1. The quantitative estimate of drug-likeness (QED) is 0.446. The SMILES string of the molecule is COC(=O)c1c(NC(=O)c2ccco2)c2cc(N[C@@H](C)CO)cnc2n1CCC(C)C. The highest BCUT2D eigenvalue weighted by Gasteiger charge is 2.27. The number of fused-ring (bicyclic) bond motifs is 1. The Morgan fingerprint density at radius 3 is 2.71 bits per heavy atom. The summed E-state index contributed by atoms with van der Waals surface area (Å²) in [4.78, 5) is 30.0. The molecule has 3 aromatic rings. The molecule has 0 saturated carbocycles. The zero-order valence-electron chi connectivity index (χ0n) is 18.1. The molecule has 0 aliphatic heterocycles. The summed E-state index contributed by atoms with van der Waals surface area (Å²) in [6.07, 6.45) is 3.85. The minimum absolute atomic E-state index is 0.0526. The average molecular weight is 428 g/mol. The van der Waals surface area contributed by atoms with Gasteiger partial charge in [0.25, 0.3) is 5.91 Å². The van der Waals surface area contributed by atoms with Gasteiger partial charge in [-0.25, -0.2) is 9.78 Å². The fraction of sp³-hybridized carbons (Fsp3) is 0.409. The number of aliphatic hydroxyl groups excluding tert-OH is 1. The molecule has 0 aliphatic carbocycles. The molecule has 1 amide bonds. The predicted octanol–water partition coefficient (Wildman–Crippen LogP) is 3.51. The molecular weight excluding hydrogens is 400 g/mol. The second-order valence-electron chi connectivity index (χ2n) is 7.80. The summed E-state index contributed by atoms with van der Waals surface area (Å²) in [5.41, 5.74) is 1.73. The van der Waals surface area contributed by atoms with E-state index in [9.17, 15) is 14.7 Å². The highest BCUT2D eigenvalue weighted by molar-refractivity contribution is 6.14. The number of ether oxygens (including phenoxy) is 1. The van der Waals surface area contributed by atoms with Crippen LogP contribution in [-0.2, 0) is 11.3 Å². The first-order valence-corrected chi connectivity index (χ1v) is 10.2. The molecule has 0 aliphatic rings. The van der Waals surface area contributed by atoms with Crippen molar-refractivity contribution in [1.29, 1.82) is 0 Å². The first-order valence-electron chi connectivity index (χ1n) is 10.2. The Hall–Kier alpha value is -3.33. The number of hydrogen-bond donors (Lipinski definition) is 3. The molecule has 0 fully saturated rings. The predicted molar refractivity (Wildman–Crippen MR) is 117 cm³/mol. The maximum atomic E-state index is 12.8. The molecule has 0 spiro atoms. The number of aromatic nitrogens is 2. The molecule has 0 aromatic carbocycles. The van der Waals surface area contributed by atoms with Crippen LogP contribution in [0.15, 0.2) is 35.1 Å². The second kappa shape index (κ2) is 9.65. The van der Waals surface area contributed by atoms with Gasteiger partial charge < -0.3 is 29.5 Å². The number of aryl methyl sites for hydroxylation is 1. The molecule has 3 heterocycles. The lowest BCUT2D eigenvalue weighted by molar-refractivity contribution is 0.0589. The second-order valence-corrected chi connectivity index (χ2v) is 7.80. The number of methoxy groups -OCH3 is 1. The minimum atomic E-state index is -0.574. The van der Waals surface area contributed by atoms with Crippen LogP contribution in [0.1, 0.15) is 48.2 Å². The van der Waals surface area contributed by atoms with Crippen molar-refractivity contribution in [3.63, 3.8) is 0 Å². The number of nitrogens with one attached hydrogen (secondary N) is 2. The topological polar surface area (TPSA) is 119 Å². The van der Waals surface area contributed by atoms with Gasteiger partial charge in [0.05, 0.1) is 37.6 Å². The summed E-state index contributed by atoms with van der Waals surface area (Å²) in [5.74, 6) is -0.541. The molecule has 0 saturated heterocycles. The van der Waals surface area contributed by atoms with Gasteiger partial charge in [-0.1, -0.05) is 13.8 Å². The van der Waals surface area contributed by atoms with Crippen LogP contribution in [0.3, 0.4) is 0 Å². The van der Waals surface area contributed by atoms with Gasteiger partial charge in [0, 0.05) is 18.0 Å². The lowest BCUT2D eigenvalue weighted by Crippen LogP contribution is -2.19. The third-order valence-electron chi connectivity index (χ3n) is 4.88. The number of anilines is 2. The van der Waals surface area contributed by atoms with E-state index in [-0.39, 0.29) is 24.1 Å². The number of amides is 1. The van der Waals surface area contributed by atoms with Crippen LogP contribution < -0.4 is 10.6 Å². The van der Waals surface area contributed by atoms with E-state index in [0.29, 0.717) is 34.9 Å². The summed E-state index contributed by atoms with van der Waals surface area (Å²) in [7, 11) is 1.30.